The van der Waals surface area contributed by atoms with Gasteiger partial charge in [-0.25, -0.2) is 0 Å². The van der Waals surface area contributed by atoms with E-state index in [9.17, 15) is 24.0 Å². The topological polar surface area (TPSA) is 109 Å². The third-order valence-corrected chi connectivity index (χ3v) is 4.55. The number of carbonyl (C=O) groups is 4. The first kappa shape index (κ1) is 20.0. The molecule has 0 saturated heterocycles. The molecule has 1 N–H and O–H groups in total. The molecule has 0 unspecified atom stereocenters. The Morgan fingerprint density at radius 1 is 1.03 bits per heavy atom. The summed E-state index contributed by atoms with van der Waals surface area (Å²) < 4.78 is 1.20. The zero-order valence-corrected chi connectivity index (χ0v) is 16.3. The summed E-state index contributed by atoms with van der Waals surface area (Å²) in [6.45, 7) is -0.116. The summed E-state index contributed by atoms with van der Waals surface area (Å²) in [4.78, 5) is 63.8. The molecular weight excluding hydrogens is 376 g/mol. The molecule has 150 valence electrons. The number of amides is 4. The largest absolute Gasteiger partial charge is 0.345 e. The summed E-state index contributed by atoms with van der Waals surface area (Å²) >= 11 is 0. The van der Waals surface area contributed by atoms with Crippen molar-refractivity contribution in [3.63, 3.8) is 0 Å². The lowest BCUT2D eigenvalue weighted by atomic mass is 10.1. The Balaban J connectivity index is 1.71. The number of anilines is 1. The number of nitrogens with one attached hydrogen (secondary N) is 1. The van der Waals surface area contributed by atoms with Crippen molar-refractivity contribution in [2.45, 2.75) is 6.42 Å². The van der Waals surface area contributed by atoms with Crippen LogP contribution in [0.15, 0.2) is 41.3 Å². The van der Waals surface area contributed by atoms with E-state index in [-0.39, 0.29) is 30.1 Å². The first-order valence-corrected chi connectivity index (χ1v) is 8.88. The Morgan fingerprint density at radius 2 is 1.62 bits per heavy atom. The monoisotopic (exact) mass is 396 g/mol. The summed E-state index contributed by atoms with van der Waals surface area (Å²) in [7, 11) is 4.63. The Bertz CT molecular complexity index is 1050. The van der Waals surface area contributed by atoms with Crippen molar-refractivity contribution in [2.75, 3.05) is 26.0 Å². The molecular formula is C20H20N4O5. The maximum Gasteiger partial charge on any atom is 0.274 e. The van der Waals surface area contributed by atoms with Gasteiger partial charge in [-0.05, 0) is 18.2 Å². The Hall–Kier alpha value is -3.75. The summed E-state index contributed by atoms with van der Waals surface area (Å²) in [5.74, 6) is -1.77. The van der Waals surface area contributed by atoms with Crippen molar-refractivity contribution in [3.05, 3.63) is 63.6 Å². The van der Waals surface area contributed by atoms with Gasteiger partial charge in [0.25, 0.3) is 23.3 Å². The molecule has 3 rings (SSSR count). The highest BCUT2D eigenvalue weighted by Crippen LogP contribution is 2.22. The van der Waals surface area contributed by atoms with Gasteiger partial charge < -0.3 is 14.8 Å². The van der Waals surface area contributed by atoms with Crippen LogP contribution in [0.5, 0.6) is 0 Å². The fraction of sp³-hybridized carbons (Fsp3) is 0.250. The standard InChI is InChI=1S/C20H20N4O5/c1-22(2)17(26)12-10-15(20(29)23(3)11-12)21-16(25)8-9-24-18(27)13-6-4-5-7-14(13)19(24)28/h4-7,10-11H,8-9H2,1-3H3,(H,21,25). The minimum Gasteiger partial charge on any atom is -0.345 e. The molecule has 0 atom stereocenters. The number of rotatable bonds is 5. The van der Waals surface area contributed by atoms with Gasteiger partial charge in [0.05, 0.1) is 16.7 Å². The molecule has 1 aliphatic heterocycles. The van der Waals surface area contributed by atoms with Gasteiger partial charge in [0.2, 0.25) is 5.91 Å². The van der Waals surface area contributed by atoms with Gasteiger partial charge in [-0.2, -0.15) is 0 Å². The van der Waals surface area contributed by atoms with Crippen LogP contribution in [0.25, 0.3) is 0 Å². The van der Waals surface area contributed by atoms with Crippen molar-refractivity contribution in [1.82, 2.24) is 14.4 Å². The molecule has 1 aliphatic rings. The fourth-order valence-electron chi connectivity index (χ4n) is 3.04. The number of hydrogen-bond donors (Lipinski definition) is 1. The quantitative estimate of drug-likeness (QED) is 0.749. The summed E-state index contributed by atoms with van der Waals surface area (Å²) in [6.07, 6.45) is 1.21. The number of hydrogen-bond acceptors (Lipinski definition) is 5. The second-order valence-electron chi connectivity index (χ2n) is 6.86. The van der Waals surface area contributed by atoms with Gasteiger partial charge in [0.15, 0.2) is 0 Å². The predicted octanol–water partition coefficient (Wildman–Crippen LogP) is 0.712. The zero-order chi connectivity index (χ0) is 21.3. The van der Waals surface area contributed by atoms with E-state index < -0.39 is 23.3 Å². The third kappa shape index (κ3) is 3.79. The molecule has 0 radical (unpaired) electrons. The smallest absolute Gasteiger partial charge is 0.274 e. The minimum absolute atomic E-state index is 0.0486. The summed E-state index contributed by atoms with van der Waals surface area (Å²) in [5.41, 5.74) is 0.332. The average Bonchev–Trinajstić information content (AvgIpc) is 2.93. The van der Waals surface area contributed by atoms with E-state index in [4.69, 9.17) is 0 Å². The summed E-state index contributed by atoms with van der Waals surface area (Å²) in [5, 5.41) is 2.47. The van der Waals surface area contributed by atoms with E-state index in [2.05, 4.69) is 5.32 Å². The Labute approximate surface area is 166 Å². The molecule has 2 aromatic rings. The number of pyridine rings is 1. The normalized spacial score (nSPS) is 12.7. The van der Waals surface area contributed by atoms with Crippen LogP contribution >= 0.6 is 0 Å². The number of aryl methyl sites for hydroxylation is 1. The van der Waals surface area contributed by atoms with Crippen molar-refractivity contribution in [3.8, 4) is 0 Å². The minimum atomic E-state index is -0.548. The highest BCUT2D eigenvalue weighted by atomic mass is 16.2. The van der Waals surface area contributed by atoms with Crippen LogP contribution in [0.1, 0.15) is 37.5 Å². The molecule has 9 heteroatoms. The van der Waals surface area contributed by atoms with Gasteiger partial charge in [0, 0.05) is 40.3 Å². The number of carbonyl (C=O) groups excluding carboxylic acids is 4. The van der Waals surface area contributed by atoms with Crippen LogP contribution in [0, 0.1) is 0 Å². The molecule has 0 spiro atoms. The van der Waals surface area contributed by atoms with Crippen molar-refractivity contribution >= 4 is 29.3 Å². The van der Waals surface area contributed by atoms with Crippen molar-refractivity contribution < 1.29 is 19.2 Å². The molecule has 0 aliphatic carbocycles. The lowest BCUT2D eigenvalue weighted by Crippen LogP contribution is -2.33. The van der Waals surface area contributed by atoms with Crippen molar-refractivity contribution in [1.29, 1.82) is 0 Å². The number of imide groups is 1. The molecule has 1 aromatic carbocycles. The Kier molecular flexibility index (Phi) is 5.31. The lowest BCUT2D eigenvalue weighted by Gasteiger charge is -2.15. The first-order valence-electron chi connectivity index (χ1n) is 8.88. The van der Waals surface area contributed by atoms with Crippen LogP contribution in [-0.2, 0) is 11.8 Å². The molecule has 2 heterocycles. The SMILES string of the molecule is CN(C)C(=O)c1cc(NC(=O)CCN2C(=O)c3ccccc3C2=O)c(=O)n(C)c1. The van der Waals surface area contributed by atoms with E-state index in [1.54, 1.807) is 38.4 Å². The maximum atomic E-state index is 12.3. The Morgan fingerprint density at radius 3 is 2.17 bits per heavy atom. The fourth-order valence-corrected chi connectivity index (χ4v) is 3.04. The highest BCUT2D eigenvalue weighted by Gasteiger charge is 2.35. The third-order valence-electron chi connectivity index (χ3n) is 4.55. The van der Waals surface area contributed by atoms with Gasteiger partial charge in [-0.1, -0.05) is 12.1 Å². The average molecular weight is 396 g/mol. The van der Waals surface area contributed by atoms with E-state index in [1.165, 1.54) is 28.8 Å². The number of benzene rings is 1. The summed E-state index contributed by atoms with van der Waals surface area (Å²) in [6, 6.07) is 7.76. The maximum absolute atomic E-state index is 12.3. The number of aromatic nitrogens is 1. The van der Waals surface area contributed by atoms with E-state index in [0.29, 0.717) is 11.1 Å². The highest BCUT2D eigenvalue weighted by molar-refractivity contribution is 6.21. The van der Waals surface area contributed by atoms with Crippen LogP contribution < -0.4 is 10.9 Å². The van der Waals surface area contributed by atoms with Gasteiger partial charge >= 0.3 is 0 Å². The molecule has 1 aromatic heterocycles. The first-order chi connectivity index (χ1) is 13.7. The van der Waals surface area contributed by atoms with Gasteiger partial charge in [0.1, 0.15) is 5.69 Å². The van der Waals surface area contributed by atoms with E-state index >= 15 is 0 Å². The van der Waals surface area contributed by atoms with E-state index in [1.807, 2.05) is 0 Å². The van der Waals surface area contributed by atoms with Crippen LogP contribution in [-0.4, -0.2) is 58.6 Å². The van der Waals surface area contributed by atoms with Crippen molar-refractivity contribution in [2.24, 2.45) is 7.05 Å². The molecule has 9 nitrogen and oxygen atoms in total. The predicted molar refractivity (Wildman–Crippen MR) is 105 cm³/mol. The zero-order valence-electron chi connectivity index (χ0n) is 16.3. The van der Waals surface area contributed by atoms with Crippen LogP contribution in [0.4, 0.5) is 5.69 Å². The number of nitrogens with zero attached hydrogens (tertiary/aromatic N) is 3. The van der Waals surface area contributed by atoms with Crippen LogP contribution in [0.3, 0.4) is 0 Å². The molecule has 0 bridgehead atoms. The lowest BCUT2D eigenvalue weighted by molar-refractivity contribution is -0.116. The van der Waals surface area contributed by atoms with Gasteiger partial charge in [-0.3, -0.25) is 28.9 Å². The molecule has 4 amide bonds. The molecule has 0 fully saturated rings. The van der Waals surface area contributed by atoms with E-state index in [0.717, 1.165) is 4.90 Å². The second-order valence-corrected chi connectivity index (χ2v) is 6.86. The van der Waals surface area contributed by atoms with Crippen LogP contribution in [0.2, 0.25) is 0 Å². The molecule has 29 heavy (non-hydrogen) atoms. The second kappa shape index (κ2) is 7.70. The molecule has 0 saturated carbocycles. The van der Waals surface area contributed by atoms with Gasteiger partial charge in [-0.15, -0.1) is 0 Å². The number of fused-ring (bicyclic) bond motifs is 1.